The Morgan fingerprint density at radius 3 is 2.56 bits per heavy atom. The van der Waals surface area contributed by atoms with Gasteiger partial charge in [0, 0.05) is 18.8 Å². The largest absolute Gasteiger partial charge is 0.397 e. The van der Waals surface area contributed by atoms with Crippen molar-refractivity contribution < 1.29 is 4.79 Å². The van der Waals surface area contributed by atoms with Crippen molar-refractivity contribution in [3.8, 4) is 0 Å². The van der Waals surface area contributed by atoms with Crippen LogP contribution in [0.3, 0.4) is 0 Å². The number of para-hydroxylation sites is 2. The van der Waals surface area contributed by atoms with E-state index >= 15 is 0 Å². The Hall–Kier alpha value is -2.43. The molecule has 0 saturated heterocycles. The highest BCUT2D eigenvalue weighted by molar-refractivity contribution is 6.05. The van der Waals surface area contributed by atoms with E-state index in [1.54, 1.807) is 12.1 Å². The fraction of sp³-hybridized carbons (Fsp3) is 0.154. The van der Waals surface area contributed by atoms with Gasteiger partial charge in [-0.25, -0.2) is 9.97 Å². The van der Waals surface area contributed by atoms with Gasteiger partial charge < -0.3 is 11.1 Å². The number of nitrogen functional groups attached to an aromatic ring is 1. The molecule has 3 N–H and O–H groups in total. The van der Waals surface area contributed by atoms with Gasteiger partial charge in [0.05, 0.1) is 16.9 Å². The number of carbonyl (C=O) groups is 1. The maximum absolute atomic E-state index is 11.9. The van der Waals surface area contributed by atoms with Gasteiger partial charge in [0.1, 0.15) is 5.82 Å². The predicted octanol–water partition coefficient (Wildman–Crippen LogP) is 1.87. The molecule has 0 fully saturated rings. The molecule has 92 valence electrons. The molecular weight excluding hydrogens is 228 g/mol. The fourth-order valence-electron chi connectivity index (χ4n) is 1.46. The standard InChI is InChI=1S/C13H14N4O/c1-2-12-15-7-9(8-16-12)13(18)17-11-6-4-3-5-10(11)14/h3-8H,2,14H2,1H3,(H,17,18). The first kappa shape index (κ1) is 12.0. The second-order valence-electron chi connectivity index (χ2n) is 3.78. The van der Waals surface area contributed by atoms with Crippen molar-refractivity contribution in [1.29, 1.82) is 0 Å². The molecular formula is C13H14N4O. The van der Waals surface area contributed by atoms with Crippen LogP contribution >= 0.6 is 0 Å². The first-order valence-electron chi connectivity index (χ1n) is 5.67. The van der Waals surface area contributed by atoms with E-state index in [1.807, 2.05) is 19.1 Å². The molecule has 0 unspecified atom stereocenters. The second kappa shape index (κ2) is 5.27. The van der Waals surface area contributed by atoms with Crippen LogP contribution in [-0.4, -0.2) is 15.9 Å². The molecule has 1 aromatic carbocycles. The van der Waals surface area contributed by atoms with E-state index in [9.17, 15) is 4.79 Å². The smallest absolute Gasteiger partial charge is 0.258 e. The van der Waals surface area contributed by atoms with E-state index in [2.05, 4.69) is 15.3 Å². The summed E-state index contributed by atoms with van der Waals surface area (Å²) in [5.74, 6) is 0.446. The quantitative estimate of drug-likeness (QED) is 0.805. The van der Waals surface area contributed by atoms with Gasteiger partial charge in [0.25, 0.3) is 5.91 Å². The summed E-state index contributed by atoms with van der Waals surface area (Å²) in [4.78, 5) is 20.1. The third kappa shape index (κ3) is 2.63. The molecule has 1 aromatic heterocycles. The zero-order valence-electron chi connectivity index (χ0n) is 10.1. The average Bonchev–Trinajstić information content (AvgIpc) is 2.41. The number of rotatable bonds is 3. The number of hydrogen-bond donors (Lipinski definition) is 2. The highest BCUT2D eigenvalue weighted by atomic mass is 16.1. The minimum absolute atomic E-state index is 0.268. The summed E-state index contributed by atoms with van der Waals surface area (Å²) < 4.78 is 0. The summed E-state index contributed by atoms with van der Waals surface area (Å²) in [6.07, 6.45) is 3.77. The van der Waals surface area contributed by atoms with Crippen LogP contribution in [0, 0.1) is 0 Å². The Morgan fingerprint density at radius 2 is 1.94 bits per heavy atom. The van der Waals surface area contributed by atoms with Crippen LogP contribution in [0.1, 0.15) is 23.1 Å². The minimum atomic E-state index is -0.268. The van der Waals surface area contributed by atoms with Gasteiger partial charge in [-0.2, -0.15) is 0 Å². The summed E-state index contributed by atoms with van der Waals surface area (Å²) in [5.41, 5.74) is 7.27. The number of aryl methyl sites for hydroxylation is 1. The van der Waals surface area contributed by atoms with Crippen molar-refractivity contribution >= 4 is 17.3 Å². The number of hydrogen-bond acceptors (Lipinski definition) is 4. The molecule has 5 heteroatoms. The zero-order valence-corrected chi connectivity index (χ0v) is 10.1. The van der Waals surface area contributed by atoms with Gasteiger partial charge in [0.2, 0.25) is 0 Å². The second-order valence-corrected chi connectivity index (χ2v) is 3.78. The number of anilines is 2. The SMILES string of the molecule is CCc1ncc(C(=O)Nc2ccccc2N)cn1. The van der Waals surface area contributed by atoms with Crippen LogP contribution < -0.4 is 11.1 Å². The Morgan fingerprint density at radius 1 is 1.28 bits per heavy atom. The molecule has 0 saturated carbocycles. The molecule has 0 aliphatic heterocycles. The molecule has 0 aliphatic carbocycles. The number of aromatic nitrogens is 2. The fourth-order valence-corrected chi connectivity index (χ4v) is 1.46. The summed E-state index contributed by atoms with van der Waals surface area (Å²) in [7, 11) is 0. The van der Waals surface area contributed by atoms with Crippen molar-refractivity contribution in [1.82, 2.24) is 9.97 Å². The molecule has 0 bridgehead atoms. The van der Waals surface area contributed by atoms with Crippen molar-refractivity contribution in [3.05, 3.63) is 48.0 Å². The Labute approximate surface area is 105 Å². The third-order valence-electron chi connectivity index (χ3n) is 2.49. The van der Waals surface area contributed by atoms with Crippen molar-refractivity contribution in [2.24, 2.45) is 0 Å². The average molecular weight is 242 g/mol. The topological polar surface area (TPSA) is 80.9 Å². The van der Waals surface area contributed by atoms with Crippen LogP contribution in [0.25, 0.3) is 0 Å². The van der Waals surface area contributed by atoms with E-state index in [0.29, 0.717) is 22.8 Å². The number of nitrogens with two attached hydrogens (primary N) is 1. The monoisotopic (exact) mass is 242 g/mol. The Bertz CT molecular complexity index is 551. The van der Waals surface area contributed by atoms with Gasteiger partial charge in [0.15, 0.2) is 0 Å². The highest BCUT2D eigenvalue weighted by Gasteiger charge is 2.08. The lowest BCUT2D eigenvalue weighted by atomic mass is 10.2. The summed E-state index contributed by atoms with van der Waals surface area (Å²) in [6, 6.07) is 7.09. The molecule has 2 rings (SSSR count). The van der Waals surface area contributed by atoms with Crippen LogP contribution in [0.5, 0.6) is 0 Å². The van der Waals surface area contributed by atoms with Crippen molar-refractivity contribution in [2.75, 3.05) is 11.1 Å². The van der Waals surface area contributed by atoms with Gasteiger partial charge in [-0.3, -0.25) is 4.79 Å². The van der Waals surface area contributed by atoms with Crippen LogP contribution in [0.2, 0.25) is 0 Å². The van der Waals surface area contributed by atoms with Gasteiger partial charge in [-0.05, 0) is 12.1 Å². The van der Waals surface area contributed by atoms with E-state index in [1.165, 1.54) is 12.4 Å². The van der Waals surface area contributed by atoms with Crippen LogP contribution in [0.4, 0.5) is 11.4 Å². The number of amides is 1. The van der Waals surface area contributed by atoms with Crippen molar-refractivity contribution in [2.45, 2.75) is 13.3 Å². The summed E-state index contributed by atoms with van der Waals surface area (Å²) in [6.45, 7) is 1.96. The highest BCUT2D eigenvalue weighted by Crippen LogP contribution is 2.17. The lowest BCUT2D eigenvalue weighted by Crippen LogP contribution is -2.14. The number of nitrogens with one attached hydrogen (secondary N) is 1. The molecule has 0 aliphatic rings. The van der Waals surface area contributed by atoms with Crippen molar-refractivity contribution in [3.63, 3.8) is 0 Å². The van der Waals surface area contributed by atoms with Crippen LogP contribution in [-0.2, 0) is 6.42 Å². The zero-order chi connectivity index (χ0) is 13.0. The molecule has 1 amide bonds. The summed E-state index contributed by atoms with van der Waals surface area (Å²) in [5, 5.41) is 2.72. The Kier molecular flexibility index (Phi) is 3.52. The lowest BCUT2D eigenvalue weighted by molar-refractivity contribution is 0.102. The first-order valence-corrected chi connectivity index (χ1v) is 5.67. The molecule has 2 aromatic rings. The van der Waals surface area contributed by atoms with Gasteiger partial charge >= 0.3 is 0 Å². The van der Waals surface area contributed by atoms with Gasteiger partial charge in [-0.15, -0.1) is 0 Å². The first-order chi connectivity index (χ1) is 8.70. The lowest BCUT2D eigenvalue weighted by Gasteiger charge is -2.07. The molecule has 0 atom stereocenters. The molecule has 5 nitrogen and oxygen atoms in total. The molecule has 0 radical (unpaired) electrons. The van der Waals surface area contributed by atoms with Crippen LogP contribution in [0.15, 0.2) is 36.7 Å². The maximum Gasteiger partial charge on any atom is 0.258 e. The van der Waals surface area contributed by atoms with Gasteiger partial charge in [-0.1, -0.05) is 19.1 Å². The molecule has 0 spiro atoms. The van der Waals surface area contributed by atoms with E-state index in [4.69, 9.17) is 5.73 Å². The normalized spacial score (nSPS) is 10.1. The third-order valence-corrected chi connectivity index (χ3v) is 2.49. The summed E-state index contributed by atoms with van der Waals surface area (Å²) >= 11 is 0. The number of nitrogens with zero attached hydrogens (tertiary/aromatic N) is 2. The Balaban J connectivity index is 2.14. The number of carbonyl (C=O) groups excluding carboxylic acids is 1. The minimum Gasteiger partial charge on any atom is -0.397 e. The molecule has 18 heavy (non-hydrogen) atoms. The predicted molar refractivity (Wildman–Crippen MR) is 70.2 cm³/mol. The van der Waals surface area contributed by atoms with E-state index in [0.717, 1.165) is 6.42 Å². The van der Waals surface area contributed by atoms with E-state index in [-0.39, 0.29) is 5.91 Å². The number of benzene rings is 1. The maximum atomic E-state index is 11.9. The van der Waals surface area contributed by atoms with E-state index < -0.39 is 0 Å². The molecule has 1 heterocycles.